The summed E-state index contributed by atoms with van der Waals surface area (Å²) in [6.07, 6.45) is 0.991. The van der Waals surface area contributed by atoms with Crippen LogP contribution in [0.15, 0.2) is 11.6 Å². The van der Waals surface area contributed by atoms with Crippen LogP contribution in [-0.2, 0) is 0 Å². The van der Waals surface area contributed by atoms with E-state index in [1.54, 1.807) is 0 Å². The number of aliphatic hydroxyl groups excluding tert-OH is 1. The van der Waals surface area contributed by atoms with E-state index < -0.39 is 30.3 Å². The van der Waals surface area contributed by atoms with Gasteiger partial charge in [0.2, 0.25) is 5.92 Å². The SMILES string of the molecule is CC(F)(F)C1C=C(CO)CC(C(C)(F)F)C1. The van der Waals surface area contributed by atoms with E-state index in [2.05, 4.69) is 0 Å². The van der Waals surface area contributed by atoms with Crippen LogP contribution >= 0.6 is 0 Å². The average molecular weight is 240 g/mol. The Hall–Kier alpha value is -0.580. The Morgan fingerprint density at radius 2 is 1.81 bits per heavy atom. The molecule has 1 rings (SSSR count). The molecule has 0 heterocycles. The topological polar surface area (TPSA) is 20.2 Å². The lowest BCUT2D eigenvalue weighted by Crippen LogP contribution is -2.35. The van der Waals surface area contributed by atoms with Gasteiger partial charge in [-0.25, -0.2) is 17.6 Å². The minimum absolute atomic E-state index is 0.00736. The maximum atomic E-state index is 13.1. The normalized spacial score (nSPS) is 27.8. The number of alkyl halides is 4. The van der Waals surface area contributed by atoms with Crippen molar-refractivity contribution in [3.05, 3.63) is 11.6 Å². The van der Waals surface area contributed by atoms with E-state index in [4.69, 9.17) is 5.11 Å². The Kier molecular flexibility index (Phi) is 3.67. The van der Waals surface area contributed by atoms with Gasteiger partial charge in [-0.3, -0.25) is 0 Å². The molecule has 1 aliphatic carbocycles. The van der Waals surface area contributed by atoms with Gasteiger partial charge in [-0.2, -0.15) is 0 Å². The summed E-state index contributed by atoms with van der Waals surface area (Å²) in [4.78, 5) is 0. The molecule has 16 heavy (non-hydrogen) atoms. The lowest BCUT2D eigenvalue weighted by Gasteiger charge is -2.34. The molecule has 1 N–H and O–H groups in total. The highest BCUT2D eigenvalue weighted by molar-refractivity contribution is 5.13. The van der Waals surface area contributed by atoms with Crippen molar-refractivity contribution >= 4 is 0 Å². The van der Waals surface area contributed by atoms with Crippen molar-refractivity contribution in [3.8, 4) is 0 Å². The molecule has 0 amide bonds. The van der Waals surface area contributed by atoms with Crippen LogP contribution in [0.1, 0.15) is 26.7 Å². The zero-order valence-corrected chi connectivity index (χ0v) is 9.31. The molecule has 0 fully saturated rings. The first kappa shape index (κ1) is 13.5. The minimum Gasteiger partial charge on any atom is -0.392 e. The monoisotopic (exact) mass is 240 g/mol. The number of aliphatic hydroxyl groups is 1. The molecule has 0 aromatic carbocycles. The fraction of sp³-hybridized carbons (Fsp3) is 0.818. The first-order valence-corrected chi connectivity index (χ1v) is 5.20. The first-order valence-electron chi connectivity index (χ1n) is 5.20. The number of hydrogen-bond acceptors (Lipinski definition) is 1. The van der Waals surface area contributed by atoms with E-state index in [9.17, 15) is 17.6 Å². The summed E-state index contributed by atoms with van der Waals surface area (Å²) >= 11 is 0. The Balaban J connectivity index is 2.90. The van der Waals surface area contributed by atoms with E-state index in [-0.39, 0.29) is 18.4 Å². The van der Waals surface area contributed by atoms with Gasteiger partial charge in [0.15, 0.2) is 0 Å². The number of allylic oxidation sites excluding steroid dienone is 1. The number of hydrogen-bond donors (Lipinski definition) is 1. The third kappa shape index (κ3) is 3.20. The standard InChI is InChI=1S/C11H16F4O/c1-10(12,13)8-3-7(6-16)4-9(5-8)11(2,14)15/h3,8-9,16H,4-6H2,1-2H3. The second-order valence-corrected chi connectivity index (χ2v) is 4.64. The molecule has 5 heteroatoms. The summed E-state index contributed by atoms with van der Waals surface area (Å²) in [7, 11) is 0. The maximum Gasteiger partial charge on any atom is 0.251 e. The van der Waals surface area contributed by atoms with Crippen LogP contribution in [0.2, 0.25) is 0 Å². The zero-order valence-electron chi connectivity index (χ0n) is 9.31. The van der Waals surface area contributed by atoms with Crippen molar-refractivity contribution in [2.45, 2.75) is 38.5 Å². The lowest BCUT2D eigenvalue weighted by atomic mass is 9.77. The van der Waals surface area contributed by atoms with Crippen molar-refractivity contribution in [3.63, 3.8) is 0 Å². The molecular weight excluding hydrogens is 224 g/mol. The largest absolute Gasteiger partial charge is 0.392 e. The van der Waals surface area contributed by atoms with E-state index in [1.807, 2.05) is 0 Å². The molecule has 1 nitrogen and oxygen atoms in total. The van der Waals surface area contributed by atoms with E-state index in [1.165, 1.54) is 6.08 Å². The van der Waals surface area contributed by atoms with Gasteiger partial charge >= 0.3 is 0 Å². The van der Waals surface area contributed by atoms with Gasteiger partial charge in [0, 0.05) is 11.8 Å². The molecule has 2 unspecified atom stereocenters. The second kappa shape index (κ2) is 4.35. The summed E-state index contributed by atoms with van der Waals surface area (Å²) in [6, 6.07) is 0. The van der Waals surface area contributed by atoms with Gasteiger partial charge in [-0.1, -0.05) is 6.08 Å². The van der Waals surface area contributed by atoms with Gasteiger partial charge < -0.3 is 5.11 Å². The molecule has 0 saturated heterocycles. The molecule has 94 valence electrons. The van der Waals surface area contributed by atoms with Crippen LogP contribution in [0.25, 0.3) is 0 Å². The van der Waals surface area contributed by atoms with Gasteiger partial charge in [-0.15, -0.1) is 0 Å². The van der Waals surface area contributed by atoms with Crippen LogP contribution in [0.3, 0.4) is 0 Å². The zero-order chi connectivity index (χ0) is 12.6. The van der Waals surface area contributed by atoms with E-state index in [0.29, 0.717) is 0 Å². The maximum absolute atomic E-state index is 13.1. The highest BCUT2D eigenvalue weighted by atomic mass is 19.3. The molecule has 2 atom stereocenters. The number of rotatable bonds is 3. The molecule has 0 saturated carbocycles. The van der Waals surface area contributed by atoms with Gasteiger partial charge in [0.1, 0.15) is 0 Å². The Morgan fingerprint density at radius 3 is 2.19 bits per heavy atom. The fourth-order valence-corrected chi connectivity index (χ4v) is 1.98. The summed E-state index contributed by atoms with van der Waals surface area (Å²) in [5, 5.41) is 8.90. The van der Waals surface area contributed by atoms with Crippen LogP contribution in [0, 0.1) is 11.8 Å². The molecule has 0 aromatic heterocycles. The molecule has 0 aromatic rings. The summed E-state index contributed by atoms with van der Waals surface area (Å²) in [6.45, 7) is 1.03. The summed E-state index contributed by atoms with van der Waals surface area (Å²) < 4.78 is 52.5. The fourth-order valence-electron chi connectivity index (χ4n) is 1.98. The van der Waals surface area contributed by atoms with Crippen LogP contribution in [-0.4, -0.2) is 23.6 Å². The smallest absolute Gasteiger partial charge is 0.251 e. The van der Waals surface area contributed by atoms with Crippen molar-refractivity contribution in [1.82, 2.24) is 0 Å². The first-order chi connectivity index (χ1) is 7.14. The van der Waals surface area contributed by atoms with Crippen LogP contribution < -0.4 is 0 Å². The predicted octanol–water partition coefficient (Wildman–Crippen LogP) is 3.24. The highest BCUT2D eigenvalue weighted by Crippen LogP contribution is 2.43. The highest BCUT2D eigenvalue weighted by Gasteiger charge is 2.43. The lowest BCUT2D eigenvalue weighted by molar-refractivity contribution is -0.0812. The van der Waals surface area contributed by atoms with Crippen LogP contribution in [0.4, 0.5) is 17.6 Å². The predicted molar refractivity (Wildman–Crippen MR) is 52.6 cm³/mol. The van der Waals surface area contributed by atoms with Crippen molar-refractivity contribution in [2.24, 2.45) is 11.8 Å². The van der Waals surface area contributed by atoms with Gasteiger partial charge in [0.05, 0.1) is 6.61 Å². The summed E-state index contributed by atoms with van der Waals surface area (Å²) in [5.74, 6) is -8.34. The van der Waals surface area contributed by atoms with Gasteiger partial charge in [0.25, 0.3) is 5.92 Å². The molecule has 0 spiro atoms. The Bertz CT molecular complexity index is 275. The van der Waals surface area contributed by atoms with Crippen molar-refractivity contribution in [2.75, 3.05) is 6.61 Å². The number of halogens is 4. The van der Waals surface area contributed by atoms with E-state index in [0.717, 1.165) is 13.8 Å². The summed E-state index contributed by atoms with van der Waals surface area (Å²) in [5.41, 5.74) is 0.282. The second-order valence-electron chi connectivity index (χ2n) is 4.64. The molecule has 0 radical (unpaired) electrons. The molecular formula is C11H16F4O. The minimum atomic E-state index is -3.02. The third-order valence-corrected chi connectivity index (χ3v) is 3.05. The molecule has 0 bridgehead atoms. The van der Waals surface area contributed by atoms with E-state index >= 15 is 0 Å². The third-order valence-electron chi connectivity index (χ3n) is 3.05. The molecule has 1 aliphatic rings. The quantitative estimate of drug-likeness (QED) is 0.593. The average Bonchev–Trinajstić information content (AvgIpc) is 2.14. The Morgan fingerprint density at radius 1 is 1.25 bits per heavy atom. The van der Waals surface area contributed by atoms with Crippen LogP contribution in [0.5, 0.6) is 0 Å². The van der Waals surface area contributed by atoms with Gasteiger partial charge in [-0.05, 0) is 32.3 Å². The Labute approximate surface area is 92.1 Å². The van der Waals surface area contributed by atoms with Crippen molar-refractivity contribution < 1.29 is 22.7 Å². The van der Waals surface area contributed by atoms with Crippen molar-refractivity contribution in [1.29, 1.82) is 0 Å². The molecule has 0 aliphatic heterocycles.